The number of hydrogen-bond acceptors (Lipinski definition) is 8. The Kier molecular flexibility index (Phi) is 15.3. The number of benzene rings is 2. The van der Waals surface area contributed by atoms with Crippen LogP contribution in [0, 0.1) is 24.7 Å². The van der Waals surface area contributed by atoms with Crippen molar-refractivity contribution in [3.63, 3.8) is 0 Å². The summed E-state index contributed by atoms with van der Waals surface area (Å²) in [6.45, 7) is 16.3. The van der Waals surface area contributed by atoms with E-state index < -0.39 is 53.1 Å². The molecule has 0 saturated carbocycles. The van der Waals surface area contributed by atoms with Crippen LogP contribution in [0.1, 0.15) is 76.2 Å². The second kappa shape index (κ2) is 20.2. The van der Waals surface area contributed by atoms with Gasteiger partial charge in [0.05, 0.1) is 37.2 Å². The maximum atomic E-state index is 14.6. The average Bonchev–Trinajstić information content (AvgIpc) is 3.53. The van der Waals surface area contributed by atoms with Gasteiger partial charge < -0.3 is 35.6 Å². The van der Waals surface area contributed by atoms with Crippen LogP contribution in [0.2, 0.25) is 0 Å². The minimum Gasteiger partial charge on any atom is -0.453 e. The third kappa shape index (κ3) is 12.8. The van der Waals surface area contributed by atoms with Gasteiger partial charge in [0.15, 0.2) is 0 Å². The number of aryl methyl sites for hydroxylation is 2. The number of carbonyl (C=O) groups is 4. The van der Waals surface area contributed by atoms with Crippen LogP contribution < -0.4 is 16.0 Å². The van der Waals surface area contributed by atoms with Crippen LogP contribution in [-0.2, 0) is 33.7 Å². The lowest BCUT2D eigenvalue weighted by Crippen LogP contribution is -2.59. The lowest BCUT2D eigenvalue weighted by atomic mass is 9.84. The molecule has 326 valence electrons. The van der Waals surface area contributed by atoms with Gasteiger partial charge in [-0.15, -0.1) is 0 Å². The first-order valence-corrected chi connectivity index (χ1v) is 21.0. The molecule has 1 saturated heterocycles. The normalized spacial score (nSPS) is 15.7. The molecular weight excluding hydrogens is 771 g/mol. The van der Waals surface area contributed by atoms with Gasteiger partial charge in [-0.25, -0.2) is 9.59 Å². The van der Waals surface area contributed by atoms with Gasteiger partial charge >= 0.3 is 12.1 Å². The Bertz CT molecular complexity index is 2120. The number of hydrogen-bond donors (Lipinski definition) is 4. The third-order valence-electron chi connectivity index (χ3n) is 11.0. The lowest BCUT2D eigenvalue weighted by Gasteiger charge is -2.38. The summed E-state index contributed by atoms with van der Waals surface area (Å²) in [6.07, 6.45) is -1.22. The molecule has 2 aromatic heterocycles. The Morgan fingerprint density at radius 3 is 1.98 bits per heavy atom. The van der Waals surface area contributed by atoms with Crippen LogP contribution in [0.25, 0.3) is 11.3 Å². The molecular formula is C48H63N7O6. The zero-order valence-corrected chi connectivity index (χ0v) is 37.1. The monoisotopic (exact) mass is 833 g/mol. The highest BCUT2D eigenvalue weighted by Gasteiger charge is 2.44. The quantitative estimate of drug-likeness (QED) is 0.101. The summed E-state index contributed by atoms with van der Waals surface area (Å²) in [5.41, 5.74) is 4.74. The minimum absolute atomic E-state index is 0.0669. The van der Waals surface area contributed by atoms with E-state index in [1.807, 2.05) is 146 Å². The molecule has 4 N–H and O–H groups in total. The second-order valence-corrected chi connectivity index (χ2v) is 18.2. The number of urea groups is 1. The maximum Gasteiger partial charge on any atom is 0.407 e. The van der Waals surface area contributed by atoms with Crippen molar-refractivity contribution < 1.29 is 29.0 Å². The van der Waals surface area contributed by atoms with Gasteiger partial charge in [0, 0.05) is 36.1 Å². The topological polar surface area (TPSA) is 166 Å². The number of alkyl carbamates (subject to hydrolysis) is 1. The molecule has 3 heterocycles. The Balaban J connectivity index is 1.42. The molecule has 2 aromatic carbocycles. The molecule has 5 rings (SSSR count). The number of aliphatic hydroxyl groups excluding tert-OH is 1. The number of pyridine rings is 2. The van der Waals surface area contributed by atoms with Crippen LogP contribution >= 0.6 is 0 Å². The largest absolute Gasteiger partial charge is 0.453 e. The first-order valence-electron chi connectivity index (χ1n) is 21.0. The maximum absolute atomic E-state index is 14.6. The molecule has 13 nitrogen and oxygen atoms in total. The number of carbonyl (C=O) groups excluding carboxylic acids is 4. The molecule has 0 spiro atoms. The highest BCUT2D eigenvalue weighted by atomic mass is 16.5. The third-order valence-corrected chi connectivity index (χ3v) is 11.0. The predicted octanol–water partition coefficient (Wildman–Crippen LogP) is 6.39. The molecule has 0 bridgehead atoms. The van der Waals surface area contributed by atoms with E-state index in [-0.39, 0.29) is 24.8 Å². The SMILES string of the molecule is COC(=O)NC(C(=O)NC(Cc1ccc(-c2cccc(C)n2)cc1)C(O)CC(Cc1ccccc1)NC(=O)C(N1CCN(Cc2cccc(C)n2)C1=O)C(C)(C)C)C(C)(C)C. The van der Waals surface area contributed by atoms with Crippen LogP contribution in [-0.4, -0.2) is 99.3 Å². The number of aromatic nitrogens is 2. The van der Waals surface area contributed by atoms with E-state index in [0.29, 0.717) is 26.1 Å². The van der Waals surface area contributed by atoms with Crippen molar-refractivity contribution in [3.8, 4) is 11.3 Å². The molecule has 1 aliphatic heterocycles. The van der Waals surface area contributed by atoms with Crippen molar-refractivity contribution >= 4 is 23.9 Å². The zero-order valence-electron chi connectivity index (χ0n) is 37.1. The Hall–Kier alpha value is -5.82. The Morgan fingerprint density at radius 2 is 1.38 bits per heavy atom. The van der Waals surface area contributed by atoms with Gasteiger partial charge in [-0.1, -0.05) is 108 Å². The van der Waals surface area contributed by atoms with Gasteiger partial charge in [0.2, 0.25) is 11.8 Å². The fourth-order valence-electron chi connectivity index (χ4n) is 7.87. The molecule has 5 atom stereocenters. The minimum atomic E-state index is -1.16. The number of nitrogens with one attached hydrogen (secondary N) is 3. The summed E-state index contributed by atoms with van der Waals surface area (Å²) in [4.78, 5) is 67.6. The first-order chi connectivity index (χ1) is 28.8. The highest BCUT2D eigenvalue weighted by molar-refractivity contribution is 5.89. The number of aliphatic hydroxyl groups is 1. The van der Waals surface area contributed by atoms with Crippen LogP contribution in [0.3, 0.4) is 0 Å². The average molecular weight is 834 g/mol. The van der Waals surface area contributed by atoms with Gasteiger partial charge in [-0.3, -0.25) is 19.6 Å². The Morgan fingerprint density at radius 1 is 0.738 bits per heavy atom. The molecule has 0 aliphatic carbocycles. The predicted molar refractivity (Wildman–Crippen MR) is 236 cm³/mol. The number of nitrogens with zero attached hydrogens (tertiary/aromatic N) is 4. The first kappa shape index (κ1) is 46.2. The number of rotatable bonds is 16. The van der Waals surface area contributed by atoms with E-state index in [1.165, 1.54) is 7.11 Å². The molecule has 5 amide bonds. The summed E-state index contributed by atoms with van der Waals surface area (Å²) in [5.74, 6) is -0.822. The zero-order chi connectivity index (χ0) is 44.5. The molecule has 1 aliphatic rings. The van der Waals surface area contributed by atoms with Gasteiger partial charge in [-0.2, -0.15) is 0 Å². The molecule has 5 unspecified atom stereocenters. The molecule has 1 fully saturated rings. The summed E-state index contributed by atoms with van der Waals surface area (Å²) < 4.78 is 4.84. The number of methoxy groups -OCH3 is 1. The summed E-state index contributed by atoms with van der Waals surface area (Å²) in [5, 5.41) is 21.2. The van der Waals surface area contributed by atoms with Gasteiger partial charge in [0.1, 0.15) is 12.1 Å². The summed E-state index contributed by atoms with van der Waals surface area (Å²) in [6, 6.07) is 25.6. The summed E-state index contributed by atoms with van der Waals surface area (Å²) in [7, 11) is 1.24. The van der Waals surface area contributed by atoms with Crippen LogP contribution in [0.15, 0.2) is 91.0 Å². The van der Waals surface area contributed by atoms with E-state index >= 15 is 0 Å². The fraction of sp³-hybridized carbons (Fsp3) is 0.458. The van der Waals surface area contributed by atoms with E-state index in [9.17, 15) is 24.3 Å². The van der Waals surface area contributed by atoms with E-state index in [4.69, 9.17) is 4.74 Å². The van der Waals surface area contributed by atoms with Crippen molar-refractivity contribution in [2.75, 3.05) is 20.2 Å². The molecule has 13 heteroatoms. The fourth-order valence-corrected chi connectivity index (χ4v) is 7.87. The molecule has 4 aromatic rings. The van der Waals surface area contributed by atoms with Crippen molar-refractivity contribution in [1.29, 1.82) is 0 Å². The van der Waals surface area contributed by atoms with Crippen molar-refractivity contribution in [3.05, 3.63) is 119 Å². The standard InChI is InChI=1S/C48H63N7O6/c1-31-15-13-19-36(49-31)30-54-25-26-55(46(54)60)42(48(6,7)8)44(58)51-37(27-33-17-11-10-12-18-33)29-40(56)39(52-43(57)41(47(3,4)5)53-45(59)61-9)28-34-21-23-35(24-22-34)38-20-14-16-32(2)50-38/h10-24,37,39-42,56H,25-30H2,1-9H3,(H,51,58)(H,52,57)(H,53,59). The number of ether oxygens (including phenoxy) is 1. The van der Waals surface area contributed by atoms with Crippen LogP contribution in [0.5, 0.6) is 0 Å². The molecule has 0 radical (unpaired) electrons. The van der Waals surface area contributed by atoms with Crippen LogP contribution in [0.4, 0.5) is 9.59 Å². The summed E-state index contributed by atoms with van der Waals surface area (Å²) >= 11 is 0. The highest BCUT2D eigenvalue weighted by Crippen LogP contribution is 2.29. The molecule has 61 heavy (non-hydrogen) atoms. The van der Waals surface area contributed by atoms with Crippen molar-refractivity contribution in [1.82, 2.24) is 35.7 Å². The van der Waals surface area contributed by atoms with E-state index in [2.05, 4.69) is 25.9 Å². The lowest BCUT2D eigenvalue weighted by molar-refractivity contribution is -0.130. The van der Waals surface area contributed by atoms with Gasteiger partial charge in [0.25, 0.3) is 0 Å². The Labute approximate surface area is 360 Å². The van der Waals surface area contributed by atoms with Gasteiger partial charge in [-0.05, 0) is 79.3 Å². The van der Waals surface area contributed by atoms with E-state index in [0.717, 1.165) is 39.5 Å². The van der Waals surface area contributed by atoms with Crippen molar-refractivity contribution in [2.45, 2.75) is 111 Å². The number of amides is 5. The smallest absolute Gasteiger partial charge is 0.407 e. The van der Waals surface area contributed by atoms with Crippen molar-refractivity contribution in [2.24, 2.45) is 10.8 Å². The van der Waals surface area contributed by atoms with E-state index in [1.54, 1.807) is 9.80 Å². The second-order valence-electron chi connectivity index (χ2n) is 18.2.